The Hall–Kier alpha value is -2.17. The van der Waals surface area contributed by atoms with Crippen molar-refractivity contribution in [2.24, 2.45) is 5.92 Å². The smallest absolute Gasteiger partial charge is 0.218 e. The molecule has 0 spiro atoms. The third kappa shape index (κ3) is 3.66. The van der Waals surface area contributed by atoms with E-state index in [1.807, 2.05) is 25.1 Å². The number of hydrogen-bond donors (Lipinski definition) is 1. The van der Waals surface area contributed by atoms with Crippen molar-refractivity contribution in [1.82, 2.24) is 15.0 Å². The average Bonchev–Trinajstić information content (AvgIpc) is 3.28. The molecule has 2 aromatic rings. The van der Waals surface area contributed by atoms with E-state index < -0.39 is 0 Å². The van der Waals surface area contributed by atoms with Crippen LogP contribution in [0.25, 0.3) is 0 Å². The minimum Gasteiger partial charge on any atom is -0.477 e. The van der Waals surface area contributed by atoms with Gasteiger partial charge in [0.1, 0.15) is 11.6 Å². The average molecular weight is 270 g/mol. The zero-order valence-electron chi connectivity index (χ0n) is 11.5. The maximum absolute atomic E-state index is 5.70. The number of ether oxygens (including phenoxy) is 1. The van der Waals surface area contributed by atoms with Crippen molar-refractivity contribution >= 4 is 5.82 Å². The van der Waals surface area contributed by atoms with Crippen LogP contribution >= 0.6 is 0 Å². The molecule has 0 saturated heterocycles. The number of nitrogens with one attached hydrogen (secondary N) is 1. The number of pyridine rings is 1. The zero-order valence-corrected chi connectivity index (χ0v) is 11.5. The van der Waals surface area contributed by atoms with Crippen molar-refractivity contribution < 1.29 is 4.74 Å². The van der Waals surface area contributed by atoms with Crippen LogP contribution in [0.1, 0.15) is 24.2 Å². The third-order valence-electron chi connectivity index (χ3n) is 3.20. The molecule has 1 saturated carbocycles. The van der Waals surface area contributed by atoms with E-state index in [0.29, 0.717) is 12.4 Å². The molecule has 3 rings (SSSR count). The lowest BCUT2D eigenvalue weighted by Crippen LogP contribution is -2.06. The molecule has 1 fully saturated rings. The van der Waals surface area contributed by atoms with Crippen molar-refractivity contribution in [2.45, 2.75) is 26.3 Å². The molecule has 104 valence electrons. The summed E-state index contributed by atoms with van der Waals surface area (Å²) in [7, 11) is 0. The summed E-state index contributed by atoms with van der Waals surface area (Å²) in [6.45, 7) is 3.35. The third-order valence-corrected chi connectivity index (χ3v) is 3.20. The van der Waals surface area contributed by atoms with Crippen LogP contribution < -0.4 is 10.1 Å². The summed E-state index contributed by atoms with van der Waals surface area (Å²) >= 11 is 0. The zero-order chi connectivity index (χ0) is 13.8. The number of anilines is 1. The Morgan fingerprint density at radius 3 is 2.80 bits per heavy atom. The Bertz CT molecular complexity index is 569. The summed E-state index contributed by atoms with van der Waals surface area (Å²) in [6.07, 6.45) is 6.12. The quantitative estimate of drug-likeness (QED) is 0.874. The first kappa shape index (κ1) is 12.8. The Morgan fingerprint density at radius 1 is 1.25 bits per heavy atom. The van der Waals surface area contributed by atoms with Crippen LogP contribution in [-0.2, 0) is 6.54 Å². The maximum atomic E-state index is 5.70. The first-order valence-corrected chi connectivity index (χ1v) is 6.91. The van der Waals surface area contributed by atoms with Gasteiger partial charge in [-0.15, -0.1) is 0 Å². The molecule has 1 aliphatic carbocycles. The van der Waals surface area contributed by atoms with Gasteiger partial charge in [-0.05, 0) is 43.4 Å². The summed E-state index contributed by atoms with van der Waals surface area (Å²) < 4.78 is 5.70. The Labute approximate surface area is 118 Å². The van der Waals surface area contributed by atoms with Crippen LogP contribution in [0.15, 0.2) is 30.6 Å². The highest BCUT2D eigenvalue weighted by Crippen LogP contribution is 2.29. The molecule has 2 aromatic heterocycles. The molecule has 5 nitrogen and oxygen atoms in total. The molecule has 5 heteroatoms. The van der Waals surface area contributed by atoms with Gasteiger partial charge in [-0.3, -0.25) is 4.98 Å². The lowest BCUT2D eigenvalue weighted by Gasteiger charge is -2.09. The van der Waals surface area contributed by atoms with E-state index in [-0.39, 0.29) is 0 Å². The predicted molar refractivity (Wildman–Crippen MR) is 76.6 cm³/mol. The van der Waals surface area contributed by atoms with Crippen molar-refractivity contribution in [3.63, 3.8) is 0 Å². The number of aromatic nitrogens is 3. The van der Waals surface area contributed by atoms with Gasteiger partial charge in [0.15, 0.2) is 0 Å². The van der Waals surface area contributed by atoms with Crippen molar-refractivity contribution in [2.75, 3.05) is 11.9 Å². The number of hydrogen-bond acceptors (Lipinski definition) is 5. The number of rotatable bonds is 6. The van der Waals surface area contributed by atoms with E-state index in [1.165, 1.54) is 12.8 Å². The molecule has 1 N–H and O–H groups in total. The first-order chi connectivity index (χ1) is 9.79. The topological polar surface area (TPSA) is 59.9 Å². The molecular formula is C15H18N4O. The van der Waals surface area contributed by atoms with Crippen LogP contribution in [0.3, 0.4) is 0 Å². The summed E-state index contributed by atoms with van der Waals surface area (Å²) in [4.78, 5) is 12.7. The van der Waals surface area contributed by atoms with Crippen LogP contribution in [0.5, 0.6) is 5.88 Å². The molecule has 0 amide bonds. The number of aryl methyl sites for hydroxylation is 1. The highest BCUT2D eigenvalue weighted by atomic mass is 16.5. The van der Waals surface area contributed by atoms with Crippen LogP contribution in [0.4, 0.5) is 5.82 Å². The van der Waals surface area contributed by atoms with E-state index >= 15 is 0 Å². The molecule has 0 aliphatic heterocycles. The second-order valence-corrected chi connectivity index (χ2v) is 5.10. The second-order valence-electron chi connectivity index (χ2n) is 5.10. The minimum absolute atomic E-state index is 0.654. The van der Waals surface area contributed by atoms with Gasteiger partial charge in [-0.2, -0.15) is 4.98 Å². The van der Waals surface area contributed by atoms with Crippen molar-refractivity contribution in [3.05, 3.63) is 42.0 Å². The highest BCUT2D eigenvalue weighted by Gasteiger charge is 2.22. The van der Waals surface area contributed by atoms with E-state index in [1.54, 1.807) is 12.4 Å². The van der Waals surface area contributed by atoms with E-state index in [9.17, 15) is 0 Å². The number of nitrogens with zero attached hydrogens (tertiary/aromatic N) is 3. The summed E-state index contributed by atoms with van der Waals surface area (Å²) in [5.74, 6) is 2.88. The van der Waals surface area contributed by atoms with Crippen LogP contribution in [0, 0.1) is 12.8 Å². The van der Waals surface area contributed by atoms with E-state index in [4.69, 9.17) is 4.74 Å². The Kier molecular flexibility index (Phi) is 3.76. The fraction of sp³-hybridized carbons (Fsp3) is 0.400. The Morgan fingerprint density at radius 2 is 2.05 bits per heavy atom. The molecule has 0 bridgehead atoms. The fourth-order valence-electron chi connectivity index (χ4n) is 1.89. The second kappa shape index (κ2) is 5.86. The fourth-order valence-corrected chi connectivity index (χ4v) is 1.89. The van der Waals surface area contributed by atoms with Crippen molar-refractivity contribution in [1.29, 1.82) is 0 Å². The molecular weight excluding hydrogens is 252 g/mol. The lowest BCUT2D eigenvalue weighted by atomic mass is 10.3. The Balaban J connectivity index is 1.62. The van der Waals surface area contributed by atoms with Crippen LogP contribution in [0.2, 0.25) is 0 Å². The van der Waals surface area contributed by atoms with Gasteiger partial charge in [0, 0.05) is 25.0 Å². The molecule has 20 heavy (non-hydrogen) atoms. The van der Waals surface area contributed by atoms with Crippen LogP contribution in [-0.4, -0.2) is 21.6 Å². The molecule has 2 heterocycles. The van der Waals surface area contributed by atoms with E-state index in [2.05, 4.69) is 20.3 Å². The van der Waals surface area contributed by atoms with Gasteiger partial charge in [0.25, 0.3) is 0 Å². The van der Waals surface area contributed by atoms with Gasteiger partial charge in [-0.1, -0.05) is 0 Å². The van der Waals surface area contributed by atoms with E-state index in [0.717, 1.165) is 29.7 Å². The van der Waals surface area contributed by atoms with Gasteiger partial charge in [-0.25, -0.2) is 4.98 Å². The molecule has 0 unspecified atom stereocenters. The predicted octanol–water partition coefficient (Wildman–Crippen LogP) is 2.58. The summed E-state index contributed by atoms with van der Waals surface area (Å²) in [5.41, 5.74) is 1.16. The molecule has 0 aromatic carbocycles. The lowest BCUT2D eigenvalue weighted by molar-refractivity contribution is 0.287. The van der Waals surface area contributed by atoms with Gasteiger partial charge >= 0.3 is 0 Å². The molecule has 1 aliphatic rings. The maximum Gasteiger partial charge on any atom is 0.218 e. The largest absolute Gasteiger partial charge is 0.477 e. The molecule has 0 radical (unpaired) electrons. The van der Waals surface area contributed by atoms with Crippen molar-refractivity contribution in [3.8, 4) is 5.88 Å². The van der Waals surface area contributed by atoms with Gasteiger partial charge in [0.05, 0.1) is 6.61 Å². The summed E-state index contributed by atoms with van der Waals surface area (Å²) in [6, 6.07) is 5.81. The normalized spacial score (nSPS) is 14.1. The highest BCUT2D eigenvalue weighted by molar-refractivity contribution is 5.39. The first-order valence-electron chi connectivity index (χ1n) is 6.91. The standard InChI is InChI=1S/C15H18N4O/c1-11-18-14(17-9-12-4-6-16-7-5-12)8-15(19-11)20-10-13-2-3-13/h4-8,13H,2-3,9-10H2,1H3,(H,17,18,19). The minimum atomic E-state index is 0.654. The SMILES string of the molecule is Cc1nc(NCc2ccncc2)cc(OCC2CC2)n1. The molecule has 0 atom stereocenters. The monoisotopic (exact) mass is 270 g/mol. The summed E-state index contributed by atoms with van der Waals surface area (Å²) in [5, 5.41) is 3.29. The van der Waals surface area contributed by atoms with Gasteiger partial charge in [0.2, 0.25) is 5.88 Å². The van der Waals surface area contributed by atoms with Gasteiger partial charge < -0.3 is 10.1 Å².